The third-order valence-corrected chi connectivity index (χ3v) is 3.58. The molecule has 1 aliphatic heterocycles. The topological polar surface area (TPSA) is 49.9 Å². The Bertz CT molecular complexity index is 485. The van der Waals surface area contributed by atoms with Crippen molar-refractivity contribution in [2.45, 2.75) is 18.9 Å². The molecule has 1 aromatic carbocycles. The van der Waals surface area contributed by atoms with Gasteiger partial charge in [0, 0.05) is 26.2 Å². The number of ether oxygens (including phenoxy) is 1. The summed E-state index contributed by atoms with van der Waals surface area (Å²) in [6.45, 7) is 3.86. The van der Waals surface area contributed by atoms with Crippen molar-refractivity contribution in [3.8, 4) is 0 Å². The first kappa shape index (κ1) is 15.6. The second-order valence-electron chi connectivity index (χ2n) is 4.97. The molecule has 1 fully saturated rings. The van der Waals surface area contributed by atoms with Crippen molar-refractivity contribution in [2.24, 2.45) is 0 Å². The van der Waals surface area contributed by atoms with Crippen molar-refractivity contribution >= 4 is 23.6 Å². The molecule has 0 bridgehead atoms. The summed E-state index contributed by atoms with van der Waals surface area (Å²) in [5.41, 5.74) is 0.954. The fraction of sp³-hybridized carbons (Fsp3) is 0.467. The highest BCUT2D eigenvalue weighted by atomic mass is 35.5. The molecule has 1 aliphatic rings. The zero-order valence-corrected chi connectivity index (χ0v) is 12.8. The number of benzene rings is 1. The Morgan fingerprint density at radius 2 is 1.71 bits per heavy atom. The van der Waals surface area contributed by atoms with E-state index in [-0.39, 0.29) is 18.6 Å². The number of halogens is 1. The van der Waals surface area contributed by atoms with Crippen molar-refractivity contribution in [3.05, 3.63) is 35.9 Å². The Balaban J connectivity index is 1.77. The number of rotatable bonds is 3. The molecule has 6 heteroatoms. The van der Waals surface area contributed by atoms with Crippen LogP contribution in [0.2, 0.25) is 0 Å². The van der Waals surface area contributed by atoms with Crippen LogP contribution in [0.5, 0.6) is 0 Å². The molecular formula is C15H19ClN2O3. The lowest BCUT2D eigenvalue weighted by molar-refractivity contribution is -0.132. The molecule has 0 spiro atoms. The first-order chi connectivity index (χ1) is 10.1. The minimum Gasteiger partial charge on any atom is -0.445 e. The van der Waals surface area contributed by atoms with Crippen LogP contribution in [0.3, 0.4) is 0 Å². The van der Waals surface area contributed by atoms with Crippen LogP contribution in [-0.2, 0) is 16.1 Å². The van der Waals surface area contributed by atoms with Crippen LogP contribution in [0.15, 0.2) is 30.3 Å². The van der Waals surface area contributed by atoms with E-state index in [1.807, 2.05) is 30.3 Å². The van der Waals surface area contributed by atoms with Crippen molar-refractivity contribution in [1.29, 1.82) is 0 Å². The molecule has 0 N–H and O–H groups in total. The predicted molar refractivity (Wildman–Crippen MR) is 80.1 cm³/mol. The molecule has 1 heterocycles. The van der Waals surface area contributed by atoms with Gasteiger partial charge in [-0.25, -0.2) is 4.79 Å². The smallest absolute Gasteiger partial charge is 0.410 e. The van der Waals surface area contributed by atoms with Crippen LogP contribution in [-0.4, -0.2) is 53.4 Å². The summed E-state index contributed by atoms with van der Waals surface area (Å²) in [5, 5.41) is -0.526. The van der Waals surface area contributed by atoms with E-state index >= 15 is 0 Å². The second kappa shape index (κ2) is 7.31. The lowest BCUT2D eigenvalue weighted by Crippen LogP contribution is -2.52. The number of alkyl halides is 1. The molecule has 114 valence electrons. The lowest BCUT2D eigenvalue weighted by atomic mass is 10.2. The predicted octanol–water partition coefficient (Wildman–Crippen LogP) is 2.09. The first-order valence-electron chi connectivity index (χ1n) is 6.96. The molecular weight excluding hydrogens is 292 g/mol. The van der Waals surface area contributed by atoms with E-state index in [2.05, 4.69) is 0 Å². The van der Waals surface area contributed by atoms with Gasteiger partial charge in [-0.3, -0.25) is 4.79 Å². The van der Waals surface area contributed by atoms with Crippen molar-refractivity contribution in [3.63, 3.8) is 0 Å². The van der Waals surface area contributed by atoms with E-state index in [1.54, 1.807) is 16.7 Å². The molecule has 1 unspecified atom stereocenters. The van der Waals surface area contributed by atoms with Crippen LogP contribution in [0.25, 0.3) is 0 Å². The molecule has 0 aromatic heterocycles. The number of carbonyl (C=O) groups is 2. The van der Waals surface area contributed by atoms with Gasteiger partial charge in [0.25, 0.3) is 0 Å². The maximum atomic E-state index is 12.0. The highest BCUT2D eigenvalue weighted by Gasteiger charge is 2.26. The van der Waals surface area contributed by atoms with E-state index in [0.29, 0.717) is 26.2 Å². The molecule has 1 aromatic rings. The van der Waals surface area contributed by atoms with Crippen LogP contribution in [0, 0.1) is 0 Å². The molecule has 5 nitrogen and oxygen atoms in total. The largest absolute Gasteiger partial charge is 0.445 e. The van der Waals surface area contributed by atoms with Crippen LogP contribution < -0.4 is 0 Å². The SMILES string of the molecule is CC(Cl)C(=O)N1CCN(C(=O)OCc2ccccc2)CC1. The molecule has 2 amide bonds. The number of amides is 2. The summed E-state index contributed by atoms with van der Waals surface area (Å²) in [6.07, 6.45) is -0.343. The van der Waals surface area contributed by atoms with Gasteiger partial charge in [0.15, 0.2) is 0 Å². The van der Waals surface area contributed by atoms with E-state index in [0.717, 1.165) is 5.56 Å². The standard InChI is InChI=1S/C15H19ClN2O3/c1-12(16)14(19)17-7-9-18(10-8-17)15(20)21-11-13-5-3-2-4-6-13/h2-6,12H,7-11H2,1H3. The average Bonchev–Trinajstić information content (AvgIpc) is 2.53. The van der Waals surface area contributed by atoms with Gasteiger partial charge in [-0.2, -0.15) is 0 Å². The summed E-state index contributed by atoms with van der Waals surface area (Å²) >= 11 is 5.78. The van der Waals surface area contributed by atoms with Gasteiger partial charge >= 0.3 is 6.09 Å². The van der Waals surface area contributed by atoms with Crippen LogP contribution in [0.1, 0.15) is 12.5 Å². The lowest BCUT2D eigenvalue weighted by Gasteiger charge is -2.34. The molecule has 2 rings (SSSR count). The Kier molecular flexibility index (Phi) is 5.44. The zero-order chi connectivity index (χ0) is 15.2. The van der Waals surface area contributed by atoms with Gasteiger partial charge in [0.05, 0.1) is 0 Å². The minimum atomic E-state index is -0.526. The van der Waals surface area contributed by atoms with Crippen LogP contribution >= 0.6 is 11.6 Å². The molecule has 1 atom stereocenters. The number of nitrogens with zero attached hydrogens (tertiary/aromatic N) is 2. The summed E-state index contributed by atoms with van der Waals surface area (Å²) in [6, 6.07) is 9.54. The maximum absolute atomic E-state index is 12.0. The van der Waals surface area contributed by atoms with E-state index < -0.39 is 5.38 Å². The second-order valence-corrected chi connectivity index (χ2v) is 5.62. The molecule has 0 radical (unpaired) electrons. The number of carbonyl (C=O) groups excluding carboxylic acids is 2. The van der Waals surface area contributed by atoms with Gasteiger partial charge in [-0.1, -0.05) is 30.3 Å². The van der Waals surface area contributed by atoms with Crippen molar-refractivity contribution in [1.82, 2.24) is 9.80 Å². The van der Waals surface area contributed by atoms with Gasteiger partial charge in [-0.05, 0) is 12.5 Å². The van der Waals surface area contributed by atoms with Crippen LogP contribution in [0.4, 0.5) is 4.79 Å². The molecule has 0 aliphatic carbocycles. The Labute approximate surface area is 129 Å². The number of hydrogen-bond donors (Lipinski definition) is 0. The summed E-state index contributed by atoms with van der Waals surface area (Å²) < 4.78 is 5.27. The normalized spacial score (nSPS) is 16.5. The first-order valence-corrected chi connectivity index (χ1v) is 7.40. The van der Waals surface area contributed by atoms with Crippen molar-refractivity contribution < 1.29 is 14.3 Å². The zero-order valence-electron chi connectivity index (χ0n) is 12.0. The summed E-state index contributed by atoms with van der Waals surface area (Å²) in [5.74, 6) is -0.0889. The van der Waals surface area contributed by atoms with E-state index in [4.69, 9.17) is 16.3 Å². The third-order valence-electron chi connectivity index (χ3n) is 3.39. The molecule has 1 saturated heterocycles. The fourth-order valence-electron chi connectivity index (χ4n) is 2.17. The molecule has 21 heavy (non-hydrogen) atoms. The Hall–Kier alpha value is -1.75. The molecule has 0 saturated carbocycles. The highest BCUT2D eigenvalue weighted by molar-refractivity contribution is 6.30. The van der Waals surface area contributed by atoms with Gasteiger partial charge < -0.3 is 14.5 Å². The maximum Gasteiger partial charge on any atom is 0.410 e. The van der Waals surface area contributed by atoms with Gasteiger partial charge in [0.1, 0.15) is 12.0 Å². The summed E-state index contributed by atoms with van der Waals surface area (Å²) in [7, 11) is 0. The number of piperazine rings is 1. The highest BCUT2D eigenvalue weighted by Crippen LogP contribution is 2.09. The minimum absolute atomic E-state index is 0.0889. The van der Waals surface area contributed by atoms with E-state index in [1.165, 1.54) is 0 Å². The fourth-order valence-corrected chi connectivity index (χ4v) is 2.31. The van der Waals surface area contributed by atoms with Gasteiger partial charge in [0.2, 0.25) is 5.91 Å². The average molecular weight is 311 g/mol. The van der Waals surface area contributed by atoms with E-state index in [9.17, 15) is 9.59 Å². The monoisotopic (exact) mass is 310 g/mol. The van der Waals surface area contributed by atoms with Crippen molar-refractivity contribution in [2.75, 3.05) is 26.2 Å². The quantitative estimate of drug-likeness (QED) is 0.803. The Morgan fingerprint density at radius 3 is 2.29 bits per heavy atom. The summed E-state index contributed by atoms with van der Waals surface area (Å²) in [4.78, 5) is 27.0. The third kappa shape index (κ3) is 4.36. The Morgan fingerprint density at radius 1 is 1.14 bits per heavy atom. The van der Waals surface area contributed by atoms with Gasteiger partial charge in [-0.15, -0.1) is 11.6 Å². The number of hydrogen-bond acceptors (Lipinski definition) is 3.